The van der Waals surface area contributed by atoms with Gasteiger partial charge in [-0.2, -0.15) is 0 Å². The van der Waals surface area contributed by atoms with E-state index in [1.165, 1.54) is 32.4 Å². The van der Waals surface area contributed by atoms with E-state index in [1.54, 1.807) is 11.8 Å². The van der Waals surface area contributed by atoms with Gasteiger partial charge in [-0.1, -0.05) is 18.2 Å². The molecule has 2 aromatic rings. The van der Waals surface area contributed by atoms with Crippen molar-refractivity contribution in [3.63, 3.8) is 0 Å². The van der Waals surface area contributed by atoms with Crippen LogP contribution in [0, 0.1) is 4.77 Å². The van der Waals surface area contributed by atoms with Crippen LogP contribution in [0.2, 0.25) is 0 Å². The molecule has 0 aromatic carbocycles. The number of aromatic nitrogens is 4. The van der Waals surface area contributed by atoms with Gasteiger partial charge in [0.2, 0.25) is 0 Å². The Morgan fingerprint density at radius 2 is 2.00 bits per heavy atom. The van der Waals surface area contributed by atoms with E-state index in [1.807, 2.05) is 0 Å². The Hall–Kier alpha value is -1.12. The van der Waals surface area contributed by atoms with Gasteiger partial charge in [-0.05, 0) is 38.1 Å². The van der Waals surface area contributed by atoms with E-state index in [0.717, 1.165) is 17.5 Å². The minimum absolute atomic E-state index is 0.223. The van der Waals surface area contributed by atoms with Crippen molar-refractivity contribution in [3.8, 4) is 0 Å². The Bertz CT molecular complexity index is 698. The van der Waals surface area contributed by atoms with Crippen LogP contribution in [-0.4, -0.2) is 50.2 Å². The Morgan fingerprint density at radius 3 is 2.80 bits per heavy atom. The number of aromatic amines is 3. The molecule has 20 heavy (non-hydrogen) atoms. The van der Waals surface area contributed by atoms with Gasteiger partial charge in [0.25, 0.3) is 5.56 Å². The highest BCUT2D eigenvalue weighted by Gasteiger charge is 2.11. The first-order valence-electron chi connectivity index (χ1n) is 6.80. The Morgan fingerprint density at radius 1 is 1.20 bits per heavy atom. The predicted octanol–water partition coefficient (Wildman–Crippen LogP) is 1.89. The van der Waals surface area contributed by atoms with E-state index in [4.69, 9.17) is 12.2 Å². The number of hydrogen-bond donors (Lipinski definition) is 3. The Labute approximate surface area is 125 Å². The number of hydrogen-bond acceptors (Lipinski definition) is 5. The van der Waals surface area contributed by atoms with Gasteiger partial charge >= 0.3 is 0 Å². The van der Waals surface area contributed by atoms with Crippen LogP contribution in [-0.2, 0) is 0 Å². The molecule has 3 N–H and O–H groups in total. The Kier molecular flexibility index (Phi) is 4.23. The summed E-state index contributed by atoms with van der Waals surface area (Å²) in [5.74, 6) is 0.971. The summed E-state index contributed by atoms with van der Waals surface area (Å²) in [5.41, 5.74) is 0.762. The number of imidazole rings is 1. The molecule has 0 atom stereocenters. The van der Waals surface area contributed by atoms with Crippen LogP contribution in [0.25, 0.3) is 11.2 Å². The van der Waals surface area contributed by atoms with Crippen LogP contribution in [0.4, 0.5) is 0 Å². The zero-order valence-corrected chi connectivity index (χ0v) is 12.7. The molecule has 6 nitrogen and oxygen atoms in total. The van der Waals surface area contributed by atoms with Gasteiger partial charge in [0, 0.05) is 12.3 Å². The maximum absolute atomic E-state index is 11.7. The van der Waals surface area contributed by atoms with Crippen molar-refractivity contribution in [2.24, 2.45) is 0 Å². The molecule has 1 aliphatic rings. The zero-order chi connectivity index (χ0) is 13.9. The highest BCUT2D eigenvalue weighted by molar-refractivity contribution is 7.99. The summed E-state index contributed by atoms with van der Waals surface area (Å²) in [5, 5.41) is 0.763. The monoisotopic (exact) mass is 311 g/mol. The quantitative estimate of drug-likeness (QED) is 0.593. The molecule has 0 amide bonds. The summed E-state index contributed by atoms with van der Waals surface area (Å²) in [6, 6.07) is 0. The van der Waals surface area contributed by atoms with Crippen molar-refractivity contribution >= 4 is 35.1 Å². The lowest BCUT2D eigenvalue weighted by molar-refractivity contribution is 0.242. The second-order valence-electron chi connectivity index (χ2n) is 4.92. The summed E-state index contributed by atoms with van der Waals surface area (Å²) in [6.45, 7) is 3.47. The number of nitrogens with one attached hydrogen (secondary N) is 3. The van der Waals surface area contributed by atoms with Crippen LogP contribution < -0.4 is 5.56 Å². The standard InChI is InChI=1S/C12H17N5OS2/c18-10-8-9(14-11(19)16-10)15-12(13-8)20-7-6-17-4-2-1-3-5-17/h1-7H2,(H3,13,14,15,16,18,19). The molecule has 3 rings (SSSR count). The number of rotatable bonds is 4. The van der Waals surface area contributed by atoms with Crippen molar-refractivity contribution in [1.29, 1.82) is 0 Å². The van der Waals surface area contributed by atoms with E-state index in [2.05, 4.69) is 24.8 Å². The fourth-order valence-corrected chi connectivity index (χ4v) is 3.50. The molecular weight excluding hydrogens is 294 g/mol. The summed E-state index contributed by atoms with van der Waals surface area (Å²) in [4.78, 5) is 27.0. The molecule has 8 heteroatoms. The minimum Gasteiger partial charge on any atom is -0.327 e. The van der Waals surface area contributed by atoms with Gasteiger partial charge in [-0.3, -0.25) is 9.78 Å². The van der Waals surface area contributed by atoms with Gasteiger partial charge in [-0.15, -0.1) is 0 Å². The third-order valence-electron chi connectivity index (χ3n) is 3.46. The van der Waals surface area contributed by atoms with Crippen molar-refractivity contribution in [2.45, 2.75) is 24.4 Å². The Balaban J connectivity index is 1.64. The predicted molar refractivity (Wildman–Crippen MR) is 82.9 cm³/mol. The van der Waals surface area contributed by atoms with Gasteiger partial charge in [-0.25, -0.2) is 4.98 Å². The molecule has 2 aromatic heterocycles. The van der Waals surface area contributed by atoms with Crippen LogP contribution >= 0.6 is 24.0 Å². The number of piperidine rings is 1. The largest absolute Gasteiger partial charge is 0.327 e. The highest BCUT2D eigenvalue weighted by atomic mass is 32.2. The van der Waals surface area contributed by atoms with Gasteiger partial charge in [0.1, 0.15) is 5.52 Å². The summed E-state index contributed by atoms with van der Waals surface area (Å²) in [6.07, 6.45) is 3.97. The number of H-pyrrole nitrogens is 3. The van der Waals surface area contributed by atoms with Gasteiger partial charge in [0.05, 0.1) is 0 Å². The van der Waals surface area contributed by atoms with Gasteiger partial charge < -0.3 is 14.9 Å². The molecule has 0 saturated carbocycles. The maximum atomic E-state index is 11.7. The molecule has 0 radical (unpaired) electrons. The lowest BCUT2D eigenvalue weighted by atomic mass is 10.1. The first-order chi connectivity index (χ1) is 9.72. The first-order valence-corrected chi connectivity index (χ1v) is 8.19. The van der Waals surface area contributed by atoms with Crippen molar-refractivity contribution in [3.05, 3.63) is 15.1 Å². The van der Waals surface area contributed by atoms with E-state index in [0.29, 0.717) is 15.9 Å². The molecule has 1 aliphatic heterocycles. The molecule has 1 fully saturated rings. The average molecular weight is 311 g/mol. The molecule has 0 bridgehead atoms. The number of fused-ring (bicyclic) bond motifs is 1. The molecule has 0 spiro atoms. The minimum atomic E-state index is -0.223. The van der Waals surface area contributed by atoms with Crippen LogP contribution in [0.1, 0.15) is 19.3 Å². The fourth-order valence-electron chi connectivity index (χ4n) is 2.43. The maximum Gasteiger partial charge on any atom is 0.277 e. The van der Waals surface area contributed by atoms with E-state index in [9.17, 15) is 4.79 Å². The number of thioether (sulfide) groups is 1. The second kappa shape index (κ2) is 6.11. The molecule has 0 unspecified atom stereocenters. The SMILES string of the molecule is O=c1[nH]c(=S)[nH]c2nc(SCCN3CCCCC3)[nH]c12. The summed E-state index contributed by atoms with van der Waals surface area (Å²) < 4.78 is 0.305. The summed E-state index contributed by atoms with van der Waals surface area (Å²) >= 11 is 6.57. The zero-order valence-electron chi connectivity index (χ0n) is 11.1. The molecular formula is C12H17N5OS2. The van der Waals surface area contributed by atoms with Crippen LogP contribution in [0.5, 0.6) is 0 Å². The van der Waals surface area contributed by atoms with E-state index in [-0.39, 0.29) is 5.56 Å². The number of nitrogens with zero attached hydrogens (tertiary/aromatic N) is 2. The number of likely N-dealkylation sites (tertiary alicyclic amines) is 1. The lowest BCUT2D eigenvalue weighted by Crippen LogP contribution is -2.31. The summed E-state index contributed by atoms with van der Waals surface area (Å²) in [7, 11) is 0. The lowest BCUT2D eigenvalue weighted by Gasteiger charge is -2.25. The van der Waals surface area contributed by atoms with Crippen molar-refractivity contribution < 1.29 is 0 Å². The first kappa shape index (κ1) is 13.8. The third kappa shape index (κ3) is 3.13. The topological polar surface area (TPSA) is 80.6 Å². The smallest absolute Gasteiger partial charge is 0.277 e. The van der Waals surface area contributed by atoms with Gasteiger partial charge in [0.15, 0.2) is 15.6 Å². The van der Waals surface area contributed by atoms with Crippen LogP contribution in [0.15, 0.2) is 9.95 Å². The third-order valence-corrected chi connectivity index (χ3v) is 4.52. The van der Waals surface area contributed by atoms with E-state index < -0.39 is 0 Å². The second-order valence-corrected chi connectivity index (χ2v) is 6.42. The van der Waals surface area contributed by atoms with E-state index >= 15 is 0 Å². The molecule has 108 valence electrons. The molecule has 1 saturated heterocycles. The van der Waals surface area contributed by atoms with Crippen molar-refractivity contribution in [2.75, 3.05) is 25.4 Å². The normalized spacial score (nSPS) is 16.8. The highest BCUT2D eigenvalue weighted by Crippen LogP contribution is 2.17. The van der Waals surface area contributed by atoms with Crippen LogP contribution in [0.3, 0.4) is 0 Å². The fraction of sp³-hybridized carbons (Fsp3) is 0.583. The average Bonchev–Trinajstić information content (AvgIpc) is 2.83. The molecule has 0 aliphatic carbocycles. The van der Waals surface area contributed by atoms with Crippen molar-refractivity contribution in [1.82, 2.24) is 24.8 Å². The molecule has 3 heterocycles.